The fourth-order valence-electron chi connectivity index (χ4n) is 2.71. The van der Waals surface area contributed by atoms with Crippen molar-refractivity contribution in [2.24, 2.45) is 7.05 Å². The quantitative estimate of drug-likeness (QED) is 0.494. The van der Waals surface area contributed by atoms with Crippen LogP contribution >= 0.6 is 0 Å². The number of carbonyl (C=O) groups is 3. The first-order chi connectivity index (χ1) is 11.4. The van der Waals surface area contributed by atoms with Crippen molar-refractivity contribution in [2.45, 2.75) is 19.8 Å². The zero-order valence-corrected chi connectivity index (χ0v) is 13.9. The van der Waals surface area contributed by atoms with E-state index in [9.17, 15) is 14.4 Å². The fourth-order valence-corrected chi connectivity index (χ4v) is 2.71. The van der Waals surface area contributed by atoms with Crippen LogP contribution in [0.15, 0.2) is 18.2 Å². The lowest BCUT2D eigenvalue weighted by molar-refractivity contribution is -0.140. The van der Waals surface area contributed by atoms with E-state index in [1.54, 1.807) is 36.7 Å². The maximum absolute atomic E-state index is 12.7. The summed E-state index contributed by atoms with van der Waals surface area (Å²) in [6, 6.07) is 5.13. The van der Waals surface area contributed by atoms with Gasteiger partial charge in [-0.2, -0.15) is 0 Å². The zero-order valence-electron chi connectivity index (χ0n) is 13.9. The van der Waals surface area contributed by atoms with Crippen LogP contribution in [0.5, 0.6) is 0 Å². The molecule has 7 nitrogen and oxygen atoms in total. The Kier molecular flexibility index (Phi) is 5.23. The highest BCUT2D eigenvalue weighted by atomic mass is 16.5. The molecular formula is C17H20N2O5. The Labute approximate surface area is 139 Å². The third-order valence-electron chi connectivity index (χ3n) is 3.78. The Hall–Kier alpha value is -2.83. The third kappa shape index (κ3) is 3.10. The molecule has 0 aliphatic heterocycles. The summed E-state index contributed by atoms with van der Waals surface area (Å²) < 4.78 is 11.2. The van der Waals surface area contributed by atoms with Gasteiger partial charge in [-0.05, 0) is 13.0 Å². The van der Waals surface area contributed by atoms with Gasteiger partial charge in [0.05, 0.1) is 36.9 Å². The number of anilines is 1. The van der Waals surface area contributed by atoms with Gasteiger partial charge in [0.2, 0.25) is 0 Å². The van der Waals surface area contributed by atoms with Crippen molar-refractivity contribution in [1.29, 1.82) is 0 Å². The average Bonchev–Trinajstić information content (AvgIpc) is 2.86. The second kappa shape index (κ2) is 7.16. The lowest BCUT2D eigenvalue weighted by Gasteiger charge is -2.07. The van der Waals surface area contributed by atoms with Gasteiger partial charge in [0, 0.05) is 18.9 Å². The highest BCUT2D eigenvalue weighted by molar-refractivity contribution is 6.17. The number of esters is 2. The number of aromatic nitrogens is 1. The van der Waals surface area contributed by atoms with Crippen molar-refractivity contribution in [3.05, 3.63) is 29.5 Å². The summed E-state index contributed by atoms with van der Waals surface area (Å²) in [4.78, 5) is 36.3. The summed E-state index contributed by atoms with van der Waals surface area (Å²) in [6.07, 6.45) is -0.122. The number of fused-ring (bicyclic) bond motifs is 1. The van der Waals surface area contributed by atoms with E-state index in [1.807, 2.05) is 0 Å². The molecule has 0 atom stereocenters. The molecule has 2 N–H and O–H groups in total. The number of Topliss-reactive ketones (excluding diaryl/α,β-unsaturated/α-hetero) is 1. The molecule has 24 heavy (non-hydrogen) atoms. The molecule has 7 heteroatoms. The lowest BCUT2D eigenvalue weighted by Crippen LogP contribution is -2.15. The predicted molar refractivity (Wildman–Crippen MR) is 88.9 cm³/mol. The first-order valence-corrected chi connectivity index (χ1v) is 7.56. The van der Waals surface area contributed by atoms with Crippen molar-refractivity contribution in [3.8, 4) is 0 Å². The molecule has 0 amide bonds. The van der Waals surface area contributed by atoms with Crippen LogP contribution < -0.4 is 5.73 Å². The van der Waals surface area contributed by atoms with Crippen molar-refractivity contribution in [3.63, 3.8) is 0 Å². The van der Waals surface area contributed by atoms with Gasteiger partial charge in [0.25, 0.3) is 0 Å². The second-order valence-corrected chi connectivity index (χ2v) is 5.25. The highest BCUT2D eigenvalue weighted by Crippen LogP contribution is 2.31. The lowest BCUT2D eigenvalue weighted by atomic mass is 10.0. The minimum absolute atomic E-state index is 0.0592. The molecule has 1 aromatic carbocycles. The molecule has 1 heterocycles. The molecule has 0 aliphatic carbocycles. The van der Waals surface area contributed by atoms with E-state index in [0.29, 0.717) is 16.6 Å². The summed E-state index contributed by atoms with van der Waals surface area (Å²) in [5.74, 6) is -1.42. The van der Waals surface area contributed by atoms with Gasteiger partial charge in [-0.3, -0.25) is 9.59 Å². The molecule has 0 bridgehead atoms. The van der Waals surface area contributed by atoms with Crippen LogP contribution in [0.3, 0.4) is 0 Å². The number of hydrogen-bond donors (Lipinski definition) is 1. The van der Waals surface area contributed by atoms with Gasteiger partial charge < -0.3 is 19.8 Å². The van der Waals surface area contributed by atoms with Crippen LogP contribution in [-0.4, -0.2) is 36.0 Å². The maximum Gasteiger partial charge on any atom is 0.355 e. The monoisotopic (exact) mass is 332 g/mol. The molecule has 128 valence electrons. The van der Waals surface area contributed by atoms with Crippen LogP contribution in [0.2, 0.25) is 0 Å². The van der Waals surface area contributed by atoms with E-state index >= 15 is 0 Å². The summed E-state index contributed by atoms with van der Waals surface area (Å²) in [7, 11) is 2.91. The summed E-state index contributed by atoms with van der Waals surface area (Å²) in [6.45, 7) is 1.87. The van der Waals surface area contributed by atoms with Crippen LogP contribution in [0, 0.1) is 0 Å². The molecule has 2 aromatic rings. The molecule has 0 aliphatic rings. The van der Waals surface area contributed by atoms with E-state index in [4.69, 9.17) is 10.5 Å². The molecule has 0 saturated heterocycles. The van der Waals surface area contributed by atoms with Crippen molar-refractivity contribution >= 4 is 34.3 Å². The molecule has 0 saturated carbocycles. The first-order valence-electron chi connectivity index (χ1n) is 7.56. The predicted octanol–water partition coefficient (Wildman–Crippen LogP) is 2.07. The number of benzene rings is 1. The van der Waals surface area contributed by atoms with Crippen molar-refractivity contribution in [2.75, 3.05) is 19.5 Å². The molecule has 0 radical (unpaired) electrons. The van der Waals surface area contributed by atoms with E-state index < -0.39 is 11.9 Å². The fraction of sp³-hybridized carbons (Fsp3) is 0.353. The number of nitrogens with two attached hydrogens (primary N) is 1. The standard InChI is InChI=1S/C17H20N2O5/c1-4-24-17(22)16-14(12(20)8-9-13(21)23-3)10-6-5-7-11(18)15(10)19(16)2/h5-7H,4,8-9,18H2,1-3H3. The van der Waals surface area contributed by atoms with Crippen LogP contribution in [0.1, 0.15) is 40.6 Å². The number of aryl methyl sites for hydroxylation is 1. The Morgan fingerprint density at radius 2 is 1.92 bits per heavy atom. The smallest absolute Gasteiger partial charge is 0.355 e. The van der Waals surface area contributed by atoms with Gasteiger partial charge in [-0.1, -0.05) is 12.1 Å². The van der Waals surface area contributed by atoms with Gasteiger partial charge in [0.1, 0.15) is 5.69 Å². The Morgan fingerprint density at radius 1 is 1.21 bits per heavy atom. The molecule has 0 fully saturated rings. The van der Waals surface area contributed by atoms with E-state index in [1.165, 1.54) is 7.11 Å². The normalized spacial score (nSPS) is 10.6. The largest absolute Gasteiger partial charge is 0.469 e. The Balaban J connectivity index is 2.59. The highest BCUT2D eigenvalue weighted by Gasteiger charge is 2.27. The number of ether oxygens (including phenoxy) is 2. The van der Waals surface area contributed by atoms with Gasteiger partial charge >= 0.3 is 11.9 Å². The second-order valence-electron chi connectivity index (χ2n) is 5.25. The van der Waals surface area contributed by atoms with Gasteiger partial charge in [0.15, 0.2) is 5.78 Å². The summed E-state index contributed by atoms with van der Waals surface area (Å²) in [5.41, 5.74) is 7.40. The zero-order chi connectivity index (χ0) is 17.9. The van der Waals surface area contributed by atoms with Crippen LogP contribution in [-0.2, 0) is 21.3 Å². The molecule has 0 unspecified atom stereocenters. The number of rotatable bonds is 6. The maximum atomic E-state index is 12.7. The minimum Gasteiger partial charge on any atom is -0.469 e. The number of para-hydroxylation sites is 1. The van der Waals surface area contributed by atoms with Crippen molar-refractivity contribution < 1.29 is 23.9 Å². The number of hydrogen-bond acceptors (Lipinski definition) is 6. The summed E-state index contributed by atoms with van der Waals surface area (Å²) in [5, 5.41) is 0.565. The summed E-state index contributed by atoms with van der Waals surface area (Å²) >= 11 is 0. The van der Waals surface area contributed by atoms with E-state index in [0.717, 1.165) is 0 Å². The molecule has 1 aromatic heterocycles. The number of nitrogens with zero attached hydrogens (tertiary/aromatic N) is 1. The van der Waals surface area contributed by atoms with Crippen LogP contribution in [0.4, 0.5) is 5.69 Å². The first kappa shape index (κ1) is 17.5. The van der Waals surface area contributed by atoms with E-state index in [2.05, 4.69) is 4.74 Å². The molecular weight excluding hydrogens is 312 g/mol. The number of carbonyl (C=O) groups excluding carboxylic acids is 3. The topological polar surface area (TPSA) is 101 Å². The van der Waals surface area contributed by atoms with Gasteiger partial charge in [-0.25, -0.2) is 4.79 Å². The SMILES string of the molecule is CCOC(=O)c1c(C(=O)CCC(=O)OC)c2cccc(N)c2n1C. The molecule has 0 spiro atoms. The number of ketones is 1. The van der Waals surface area contributed by atoms with Crippen LogP contribution in [0.25, 0.3) is 10.9 Å². The third-order valence-corrected chi connectivity index (χ3v) is 3.78. The Bertz CT molecular complexity index is 807. The molecule has 2 rings (SSSR count). The van der Waals surface area contributed by atoms with Crippen molar-refractivity contribution in [1.82, 2.24) is 4.57 Å². The number of methoxy groups -OCH3 is 1. The Morgan fingerprint density at radius 3 is 2.54 bits per heavy atom. The minimum atomic E-state index is -0.600. The van der Waals surface area contributed by atoms with Gasteiger partial charge in [-0.15, -0.1) is 0 Å². The number of nitrogen functional groups attached to an aromatic ring is 1. The van der Waals surface area contributed by atoms with E-state index in [-0.39, 0.29) is 36.5 Å². The average molecular weight is 332 g/mol.